The molecule has 138 valence electrons. The van der Waals surface area contributed by atoms with Crippen molar-refractivity contribution in [1.29, 1.82) is 0 Å². The van der Waals surface area contributed by atoms with Gasteiger partial charge in [0, 0.05) is 11.3 Å². The Labute approximate surface area is 148 Å². The number of allylic oxidation sites excluding steroid dienone is 2. The van der Waals surface area contributed by atoms with Crippen LogP contribution in [-0.4, -0.2) is 40.6 Å². The van der Waals surface area contributed by atoms with E-state index in [0.29, 0.717) is 6.42 Å². The van der Waals surface area contributed by atoms with Crippen LogP contribution in [0, 0.1) is 22.7 Å². The maximum Gasteiger partial charge on any atom is 0.342 e. The van der Waals surface area contributed by atoms with Gasteiger partial charge in [0.25, 0.3) is 0 Å². The van der Waals surface area contributed by atoms with Crippen molar-refractivity contribution in [3.05, 3.63) is 35.6 Å². The van der Waals surface area contributed by atoms with Crippen LogP contribution >= 0.6 is 0 Å². The average Bonchev–Trinajstić information content (AvgIpc) is 2.89. The molecule has 5 heteroatoms. The summed E-state index contributed by atoms with van der Waals surface area (Å²) in [6.45, 7) is 8.28. The van der Waals surface area contributed by atoms with Gasteiger partial charge in [0.05, 0.1) is 12.7 Å². The zero-order valence-corrected chi connectivity index (χ0v) is 15.0. The lowest BCUT2D eigenvalue weighted by atomic mass is 9.46. The minimum absolute atomic E-state index is 0.0262. The number of ether oxygens (including phenoxy) is 1. The molecule has 0 bridgehead atoms. The fraction of sp³-hybridized carbons (Fsp3) is 0.650. The van der Waals surface area contributed by atoms with Crippen LogP contribution in [0.25, 0.3) is 0 Å². The fourth-order valence-corrected chi connectivity index (χ4v) is 5.26. The summed E-state index contributed by atoms with van der Waals surface area (Å²) in [5.74, 6) is -0.356. The molecule has 5 nitrogen and oxygen atoms in total. The van der Waals surface area contributed by atoms with E-state index in [4.69, 9.17) is 4.74 Å². The molecule has 0 saturated heterocycles. The molecule has 1 heterocycles. The molecular weight excluding hydrogens is 320 g/mol. The molecule has 25 heavy (non-hydrogen) atoms. The van der Waals surface area contributed by atoms with Gasteiger partial charge in [0.2, 0.25) is 0 Å². The van der Waals surface area contributed by atoms with Crippen molar-refractivity contribution in [2.24, 2.45) is 22.7 Å². The standard InChI is InChI=1S/C20H28O5/c1-12-4-7-16-19(2,9-8-17(23)20(16,3)11-21)14(12)6-5-13-15(22)10-25-18(13)24/h5-6,14,16-17,21-23H,1,4,7-11H2,2-3H3/b6-5+/t14-,16-,17-,19+,20+/m1/s1. The number of esters is 1. The largest absolute Gasteiger partial charge is 0.508 e. The molecular formula is C20H28O5. The lowest BCUT2D eigenvalue weighted by Crippen LogP contribution is -2.57. The first-order valence-corrected chi connectivity index (χ1v) is 8.98. The van der Waals surface area contributed by atoms with Crippen LogP contribution in [0.3, 0.4) is 0 Å². The van der Waals surface area contributed by atoms with Crippen molar-refractivity contribution in [1.82, 2.24) is 0 Å². The Kier molecular flexibility index (Phi) is 4.58. The first-order valence-electron chi connectivity index (χ1n) is 8.98. The molecule has 0 aromatic heterocycles. The van der Waals surface area contributed by atoms with Gasteiger partial charge in [-0.1, -0.05) is 32.1 Å². The van der Waals surface area contributed by atoms with Gasteiger partial charge in [-0.25, -0.2) is 4.79 Å². The third-order valence-electron chi connectivity index (χ3n) is 6.88. The Morgan fingerprint density at radius 3 is 2.68 bits per heavy atom. The van der Waals surface area contributed by atoms with E-state index in [9.17, 15) is 20.1 Å². The van der Waals surface area contributed by atoms with E-state index in [1.807, 2.05) is 13.0 Å². The zero-order valence-electron chi connectivity index (χ0n) is 15.0. The minimum Gasteiger partial charge on any atom is -0.508 e. The summed E-state index contributed by atoms with van der Waals surface area (Å²) in [5, 5.41) is 30.3. The van der Waals surface area contributed by atoms with Gasteiger partial charge in [-0.05, 0) is 43.1 Å². The van der Waals surface area contributed by atoms with Gasteiger partial charge >= 0.3 is 5.97 Å². The number of carbonyl (C=O) groups excluding carboxylic acids is 1. The summed E-state index contributed by atoms with van der Waals surface area (Å²) in [6.07, 6.45) is 6.27. The van der Waals surface area contributed by atoms with E-state index in [1.54, 1.807) is 6.08 Å². The first kappa shape index (κ1) is 18.2. The molecule has 0 spiro atoms. The molecule has 0 aromatic rings. The van der Waals surface area contributed by atoms with E-state index in [1.165, 1.54) is 0 Å². The number of rotatable bonds is 3. The molecule has 2 aliphatic carbocycles. The quantitative estimate of drug-likeness (QED) is 0.539. The molecule has 5 atom stereocenters. The monoisotopic (exact) mass is 348 g/mol. The van der Waals surface area contributed by atoms with Gasteiger partial charge in [-0.3, -0.25) is 0 Å². The smallest absolute Gasteiger partial charge is 0.342 e. The summed E-state index contributed by atoms with van der Waals surface area (Å²) in [7, 11) is 0. The predicted octanol–water partition coefficient (Wildman–Crippen LogP) is 2.65. The van der Waals surface area contributed by atoms with Crippen LogP contribution in [0.2, 0.25) is 0 Å². The summed E-state index contributed by atoms with van der Waals surface area (Å²) in [4.78, 5) is 11.7. The Hall–Kier alpha value is -1.59. The van der Waals surface area contributed by atoms with Crippen LogP contribution in [0.1, 0.15) is 39.5 Å². The van der Waals surface area contributed by atoms with Crippen LogP contribution < -0.4 is 0 Å². The molecule has 3 aliphatic rings. The van der Waals surface area contributed by atoms with Crippen LogP contribution in [0.15, 0.2) is 35.6 Å². The molecule has 0 radical (unpaired) electrons. The molecule has 2 saturated carbocycles. The van der Waals surface area contributed by atoms with Crippen molar-refractivity contribution < 1.29 is 24.9 Å². The molecule has 1 aliphatic heterocycles. The van der Waals surface area contributed by atoms with Crippen molar-refractivity contribution in [3.63, 3.8) is 0 Å². The number of hydrogen-bond donors (Lipinski definition) is 3. The minimum atomic E-state index is -0.534. The van der Waals surface area contributed by atoms with Crippen molar-refractivity contribution in [2.75, 3.05) is 13.2 Å². The summed E-state index contributed by atoms with van der Waals surface area (Å²) < 4.78 is 4.84. The summed E-state index contributed by atoms with van der Waals surface area (Å²) in [5.41, 5.74) is 0.617. The highest BCUT2D eigenvalue weighted by molar-refractivity contribution is 5.94. The second-order valence-corrected chi connectivity index (χ2v) is 8.25. The highest BCUT2D eigenvalue weighted by Crippen LogP contribution is 2.61. The lowest BCUT2D eigenvalue weighted by Gasteiger charge is -2.59. The van der Waals surface area contributed by atoms with Gasteiger partial charge in [-0.2, -0.15) is 0 Å². The van der Waals surface area contributed by atoms with Gasteiger partial charge in [0.1, 0.15) is 17.9 Å². The third kappa shape index (κ3) is 2.74. The van der Waals surface area contributed by atoms with Gasteiger partial charge in [-0.15, -0.1) is 0 Å². The molecule has 3 rings (SSSR count). The number of cyclic esters (lactones) is 1. The molecule has 0 unspecified atom stereocenters. The third-order valence-corrected chi connectivity index (χ3v) is 6.88. The molecule has 0 amide bonds. The van der Waals surface area contributed by atoms with Crippen molar-refractivity contribution >= 4 is 5.97 Å². The number of fused-ring (bicyclic) bond motifs is 1. The van der Waals surface area contributed by atoms with Crippen LogP contribution in [-0.2, 0) is 9.53 Å². The predicted molar refractivity (Wildman–Crippen MR) is 93.6 cm³/mol. The van der Waals surface area contributed by atoms with E-state index in [2.05, 4.69) is 13.5 Å². The highest BCUT2D eigenvalue weighted by Gasteiger charge is 2.57. The number of aliphatic hydroxyl groups is 3. The average molecular weight is 348 g/mol. The Morgan fingerprint density at radius 2 is 2.08 bits per heavy atom. The van der Waals surface area contributed by atoms with E-state index >= 15 is 0 Å². The molecule has 0 aromatic carbocycles. The number of aliphatic hydroxyl groups excluding tert-OH is 3. The zero-order chi connectivity index (χ0) is 18.4. The van der Waals surface area contributed by atoms with Crippen molar-refractivity contribution in [3.8, 4) is 0 Å². The Balaban J connectivity index is 1.95. The molecule has 2 fully saturated rings. The van der Waals surface area contributed by atoms with Gasteiger partial charge in [0.15, 0.2) is 0 Å². The van der Waals surface area contributed by atoms with Crippen molar-refractivity contribution in [2.45, 2.75) is 45.6 Å². The second-order valence-electron chi connectivity index (χ2n) is 8.25. The maximum atomic E-state index is 11.7. The van der Waals surface area contributed by atoms with E-state index < -0.39 is 17.5 Å². The van der Waals surface area contributed by atoms with E-state index in [-0.39, 0.29) is 41.8 Å². The van der Waals surface area contributed by atoms with E-state index in [0.717, 1.165) is 24.8 Å². The summed E-state index contributed by atoms with van der Waals surface area (Å²) >= 11 is 0. The Morgan fingerprint density at radius 1 is 1.36 bits per heavy atom. The SMILES string of the molecule is C=C1CC[C@H]2[C@](C)(CO)[C@H](O)CC[C@@]2(C)[C@@H]1/C=C/C1=C(O)COC1=O. The van der Waals surface area contributed by atoms with Crippen LogP contribution in [0.4, 0.5) is 0 Å². The second kappa shape index (κ2) is 6.29. The van der Waals surface area contributed by atoms with Crippen LogP contribution in [0.5, 0.6) is 0 Å². The number of carbonyl (C=O) groups is 1. The first-order chi connectivity index (χ1) is 11.7. The fourth-order valence-electron chi connectivity index (χ4n) is 5.26. The maximum absolute atomic E-state index is 11.7. The summed E-state index contributed by atoms with van der Waals surface area (Å²) in [6, 6.07) is 0. The normalized spacial score (nSPS) is 42.0. The highest BCUT2D eigenvalue weighted by atomic mass is 16.5. The topological polar surface area (TPSA) is 87.0 Å². The van der Waals surface area contributed by atoms with Gasteiger partial charge < -0.3 is 20.1 Å². The lowest BCUT2D eigenvalue weighted by molar-refractivity contribution is -0.145. The molecule has 3 N–H and O–H groups in total. The number of hydrogen-bond acceptors (Lipinski definition) is 5. The Bertz CT molecular complexity index is 648.